The highest BCUT2D eigenvalue weighted by molar-refractivity contribution is 5.90. The summed E-state index contributed by atoms with van der Waals surface area (Å²) in [6.07, 6.45) is 1.46. The van der Waals surface area contributed by atoms with Gasteiger partial charge in [0.25, 0.3) is 0 Å². The van der Waals surface area contributed by atoms with Gasteiger partial charge in [0.15, 0.2) is 23.4 Å². The lowest BCUT2D eigenvalue weighted by atomic mass is 10.2. The zero-order valence-corrected chi connectivity index (χ0v) is 52.2. The van der Waals surface area contributed by atoms with Crippen molar-refractivity contribution in [3.05, 3.63) is 208 Å². The Morgan fingerprint density at radius 1 is 0.521 bits per heavy atom. The number of H-pyrrole nitrogens is 2. The molecule has 0 saturated heterocycles. The van der Waals surface area contributed by atoms with Crippen LogP contribution in [0, 0.1) is 47.8 Å². The second kappa shape index (κ2) is 39.3. The highest BCUT2D eigenvalue weighted by atomic mass is 19.1. The quantitative estimate of drug-likeness (QED) is 0.0141. The van der Waals surface area contributed by atoms with Gasteiger partial charge in [-0.1, -0.05) is 34.5 Å². The molecule has 0 bridgehead atoms. The molecule has 0 unspecified atom stereocenters. The molecule has 0 amide bonds. The molecule has 9 rings (SSSR count). The van der Waals surface area contributed by atoms with Crippen molar-refractivity contribution in [3.8, 4) is 0 Å². The van der Waals surface area contributed by atoms with Gasteiger partial charge < -0.3 is 70.8 Å². The number of nitrogens with one attached hydrogen (secondary N) is 4. The minimum absolute atomic E-state index is 0.0849. The molecule has 9 aromatic rings. The molecule has 0 spiro atoms. The van der Waals surface area contributed by atoms with E-state index >= 15 is 0 Å². The number of benzene rings is 3. The maximum atomic E-state index is 12.8. The molecule has 3 aromatic carbocycles. The van der Waals surface area contributed by atoms with Crippen molar-refractivity contribution in [2.24, 2.45) is 0 Å². The van der Waals surface area contributed by atoms with Gasteiger partial charge in [-0.3, -0.25) is 23.6 Å². The lowest BCUT2D eigenvalue weighted by molar-refractivity contribution is -0.389. The number of aromatic nitrogens is 12. The Morgan fingerprint density at radius 3 is 1.28 bits per heavy atom. The number of aromatic carboxylic acids is 1. The number of hydrogen-bond acceptors (Lipinski definition) is 26. The zero-order valence-electron chi connectivity index (χ0n) is 52.2. The molecule has 0 aliphatic rings. The van der Waals surface area contributed by atoms with E-state index in [1.165, 1.54) is 92.4 Å². The Hall–Kier alpha value is -13.0. The fourth-order valence-corrected chi connectivity index (χ4v) is 7.09. The number of hydrogen-bond donors (Lipinski definition) is 6. The zero-order chi connectivity index (χ0) is 71.6. The standard InChI is InChI=1S/C14H16FN3O2.C13H14FN3O.C7H5FO.C7H9N3O4.C7H11N3O2.C5H5N3O4.C4H3N3O4/c1-3-18-12(14(19)20-2)8-13(17-18)16-9-10-4-6-11(15)7-5-10;1-2-17-12(9-18)7-13(16-17)15-8-10-3-5-11(14)6-4-10;8-7-3-1-6(5-9)2-4-7;1-3-9-5(7(11)14-2)4-6(8-9)10(12)13;1-3-10-5(7(11)12-2)4-6(8)9-10;1-12-5(9)3-2-4(7-6-3)8(10)11;8-4(9)2-1-3(6-5-2)7(10)11/h4-8H,3,9H2,1-2H3,(H,16,17);3-7,9H,2,8H2,1H3,(H,15,16);1-5H;4H,3H2,1-2H3;4H,3H2,1-2H3,(H2,8,9);2H,1H3,(H,6,7);1H,(H,5,6)(H,8,9). The Kier molecular flexibility index (Phi) is 31.6. The number of aryl methyl sites for hydroxylation is 4. The molecule has 0 aliphatic carbocycles. The topological polar surface area (TPSA) is 485 Å². The summed E-state index contributed by atoms with van der Waals surface area (Å²) in [6, 6.07) is 25.6. The summed E-state index contributed by atoms with van der Waals surface area (Å²) in [6.45, 7) is 10.6. The van der Waals surface area contributed by atoms with E-state index in [0.717, 1.165) is 35.6 Å². The maximum absolute atomic E-state index is 12.8. The van der Waals surface area contributed by atoms with Crippen LogP contribution < -0.4 is 16.4 Å². The highest BCUT2D eigenvalue weighted by Crippen LogP contribution is 2.16. The summed E-state index contributed by atoms with van der Waals surface area (Å²) in [7, 11) is 5.04. The molecule has 0 fully saturated rings. The van der Waals surface area contributed by atoms with Crippen LogP contribution in [0.2, 0.25) is 0 Å². The minimum Gasteiger partial charge on any atom is -0.476 e. The number of carboxylic acids is 1. The van der Waals surface area contributed by atoms with E-state index < -0.39 is 50.4 Å². The van der Waals surface area contributed by atoms with Crippen LogP contribution >= 0.6 is 0 Å². The van der Waals surface area contributed by atoms with Gasteiger partial charge in [0.05, 0.1) is 58.3 Å². The third-order valence-electron chi connectivity index (χ3n) is 11.8. The first-order chi connectivity index (χ1) is 45.7. The average Bonchev–Trinajstić information content (AvgIpc) is 1.81. The van der Waals surface area contributed by atoms with Gasteiger partial charge in [0.2, 0.25) is 0 Å². The molecule has 0 atom stereocenters. The molecule has 96 heavy (non-hydrogen) atoms. The minimum atomic E-state index is -1.30. The van der Waals surface area contributed by atoms with Crippen LogP contribution in [0.3, 0.4) is 0 Å². The molecular weight excluding hydrogens is 1280 g/mol. The summed E-state index contributed by atoms with van der Waals surface area (Å²) in [5.41, 5.74) is 8.73. The number of methoxy groups -OCH3 is 4. The fourth-order valence-electron chi connectivity index (χ4n) is 7.09. The fraction of sp³-hybridized carbons (Fsp3) is 0.246. The first kappa shape index (κ1) is 77.2. The Bertz CT molecular complexity index is 4020. The van der Waals surface area contributed by atoms with Gasteiger partial charge in [-0.05, 0) is 102 Å². The molecule has 7 N–H and O–H groups in total. The molecule has 0 radical (unpaired) electrons. The van der Waals surface area contributed by atoms with Crippen molar-refractivity contribution in [1.29, 1.82) is 0 Å². The number of carboxylic acid groups (broad SMARTS) is 1. The molecule has 36 nitrogen and oxygen atoms in total. The summed E-state index contributed by atoms with van der Waals surface area (Å²) < 4.78 is 61.5. The van der Waals surface area contributed by atoms with E-state index in [0.29, 0.717) is 85.7 Å². The number of halogens is 3. The van der Waals surface area contributed by atoms with Crippen LogP contribution in [0.1, 0.15) is 112 Å². The first-order valence-electron chi connectivity index (χ1n) is 27.5. The van der Waals surface area contributed by atoms with Crippen LogP contribution in [0.4, 0.5) is 48.1 Å². The normalized spacial score (nSPS) is 9.86. The number of anilines is 3. The average molecular weight is 1350 g/mol. The van der Waals surface area contributed by atoms with E-state index in [1.807, 2.05) is 25.9 Å². The summed E-state index contributed by atoms with van der Waals surface area (Å²) in [4.78, 5) is 104. The van der Waals surface area contributed by atoms with Gasteiger partial charge in [-0.25, -0.2) is 37.1 Å². The summed E-state index contributed by atoms with van der Waals surface area (Å²) >= 11 is 0. The van der Waals surface area contributed by atoms with E-state index in [1.54, 1.807) is 52.7 Å². The molecule has 39 heteroatoms. The van der Waals surface area contributed by atoms with Crippen LogP contribution in [-0.4, -0.2) is 150 Å². The first-order valence-corrected chi connectivity index (χ1v) is 27.5. The Morgan fingerprint density at radius 2 is 0.906 bits per heavy atom. The number of carbonyl (C=O) groups excluding carboxylic acids is 6. The van der Waals surface area contributed by atoms with Crippen molar-refractivity contribution in [3.63, 3.8) is 0 Å². The van der Waals surface area contributed by atoms with Gasteiger partial charge >= 0.3 is 47.3 Å². The number of aldehydes is 2. The predicted octanol–water partition coefficient (Wildman–Crippen LogP) is 7.54. The largest absolute Gasteiger partial charge is 0.476 e. The van der Waals surface area contributed by atoms with Crippen LogP contribution in [0.15, 0.2) is 109 Å². The number of nitrogens with zero attached hydrogens (tertiary/aromatic N) is 13. The predicted molar refractivity (Wildman–Crippen MR) is 330 cm³/mol. The number of nitrogen functional groups attached to an aromatic ring is 1. The molecule has 0 saturated carbocycles. The molecule has 6 aromatic heterocycles. The number of rotatable bonds is 20. The molecule has 6 heterocycles. The van der Waals surface area contributed by atoms with Crippen molar-refractivity contribution < 1.29 is 85.6 Å². The van der Waals surface area contributed by atoms with Crippen LogP contribution in [0.5, 0.6) is 0 Å². The van der Waals surface area contributed by atoms with E-state index in [4.69, 9.17) is 15.6 Å². The van der Waals surface area contributed by atoms with Gasteiger partial charge in [-0.15, -0.1) is 10.2 Å². The Labute approximate surface area is 540 Å². The molecule has 510 valence electrons. The number of ether oxygens (including phenoxy) is 4. The lowest BCUT2D eigenvalue weighted by Crippen LogP contribution is -2.10. The lowest BCUT2D eigenvalue weighted by Gasteiger charge is -2.03. The summed E-state index contributed by atoms with van der Waals surface area (Å²) in [5.74, 6) is -3.88. The molecular formula is C57H63F3N18O18. The second-order valence-electron chi connectivity index (χ2n) is 18.0. The van der Waals surface area contributed by atoms with Crippen molar-refractivity contribution >= 4 is 77.3 Å². The second-order valence-corrected chi connectivity index (χ2v) is 18.0. The van der Waals surface area contributed by atoms with E-state index in [9.17, 15) is 77.1 Å². The summed E-state index contributed by atoms with van der Waals surface area (Å²) in [5, 5.41) is 71.5. The van der Waals surface area contributed by atoms with Crippen molar-refractivity contribution in [2.45, 2.75) is 67.0 Å². The number of nitrogens with two attached hydrogens (primary N) is 1. The van der Waals surface area contributed by atoms with Crippen LogP contribution in [-0.2, 0) is 58.2 Å². The third-order valence-corrected chi connectivity index (χ3v) is 11.8. The number of aromatic amines is 2. The van der Waals surface area contributed by atoms with Gasteiger partial charge in [0.1, 0.15) is 58.3 Å². The number of nitro groups is 3. The van der Waals surface area contributed by atoms with E-state index in [-0.39, 0.29) is 46.2 Å². The Balaban J connectivity index is 0.000000296. The number of esters is 4. The van der Waals surface area contributed by atoms with E-state index in [2.05, 4.69) is 60.5 Å². The van der Waals surface area contributed by atoms with Gasteiger partial charge in [0, 0.05) is 56.5 Å². The number of carbonyl (C=O) groups is 7. The van der Waals surface area contributed by atoms with Crippen molar-refractivity contribution in [1.82, 2.24) is 59.5 Å². The maximum Gasteiger partial charge on any atom is 0.390 e. The third kappa shape index (κ3) is 24.7. The highest BCUT2D eigenvalue weighted by Gasteiger charge is 2.23. The molecule has 0 aliphatic heterocycles. The smallest absolute Gasteiger partial charge is 0.390 e. The van der Waals surface area contributed by atoms with Crippen molar-refractivity contribution in [2.75, 3.05) is 44.8 Å². The van der Waals surface area contributed by atoms with Crippen LogP contribution in [0.25, 0.3) is 0 Å². The van der Waals surface area contributed by atoms with Gasteiger partial charge in [-0.2, -0.15) is 20.0 Å². The SMILES string of the molecule is CCn1nc(N)cc1C(=O)OC.CCn1nc(NCc2ccc(F)cc2)cc1C(=O)OC.CCn1nc(NCc2ccc(F)cc2)cc1C=O.CCn1nc([N+](=O)[O-])cc1C(=O)OC.COC(=O)c1cc([N+](=O)[O-])[nH]n1.O=C(O)c1cc([N+](=O)[O-])[nH]n1.O=Cc1ccc(F)cc1. The monoisotopic (exact) mass is 1340 g/mol.